The minimum Gasteiger partial charge on any atom is -0.478 e. The van der Waals surface area contributed by atoms with Gasteiger partial charge in [0.2, 0.25) is 0 Å². The molecule has 6 N–H and O–H groups in total. The number of hydrogen-bond donors (Lipinski definition) is 5. The molecule has 1 fully saturated rings. The molecule has 0 bridgehead atoms. The Morgan fingerprint density at radius 1 is 0.951 bits per heavy atom. The average Bonchev–Trinajstić information content (AvgIpc) is 2.93. The number of nitrogens with zero attached hydrogens (tertiary/aromatic N) is 1. The van der Waals surface area contributed by atoms with E-state index in [2.05, 4.69) is 52.3 Å². The number of nitrogens with two attached hydrogens (primary N) is 1. The van der Waals surface area contributed by atoms with Gasteiger partial charge in [-0.1, -0.05) is 61.5 Å². The van der Waals surface area contributed by atoms with Crippen LogP contribution in [0, 0.1) is 18.6 Å². The molecular weight excluding hydrogens is 524 g/mol. The minimum atomic E-state index is -1.08. The van der Waals surface area contributed by atoms with Crippen LogP contribution in [0.4, 0.5) is 25.8 Å². The molecule has 9 heteroatoms. The molecule has 1 saturated heterocycles. The zero-order valence-corrected chi connectivity index (χ0v) is 23.0. The summed E-state index contributed by atoms with van der Waals surface area (Å²) >= 11 is 0. The molecule has 0 amide bonds. The number of anilines is 3. The molecular formula is C32H33F2N5O2. The van der Waals surface area contributed by atoms with Gasteiger partial charge in [-0.2, -0.15) is 0 Å². The van der Waals surface area contributed by atoms with Gasteiger partial charge in [-0.25, -0.2) is 13.6 Å². The molecule has 4 aromatic carbocycles. The number of aromatic carboxylic acids is 1. The van der Waals surface area contributed by atoms with Crippen molar-refractivity contribution in [2.75, 3.05) is 36.2 Å². The number of hydrogen-bond acceptors (Lipinski definition) is 6. The predicted octanol–water partition coefficient (Wildman–Crippen LogP) is 6.12. The molecule has 1 aliphatic rings. The van der Waals surface area contributed by atoms with Crippen molar-refractivity contribution in [1.82, 2.24) is 10.2 Å². The largest absolute Gasteiger partial charge is 0.478 e. The highest BCUT2D eigenvalue weighted by Crippen LogP contribution is 2.36. The van der Waals surface area contributed by atoms with E-state index in [1.165, 1.54) is 11.6 Å². The summed E-state index contributed by atoms with van der Waals surface area (Å²) < 4.78 is 30.6. The molecule has 0 unspecified atom stereocenters. The summed E-state index contributed by atoms with van der Waals surface area (Å²) in [6.07, 6.45) is 0. The first-order valence-electron chi connectivity index (χ1n) is 13.5. The number of carboxylic acid groups (broad SMARTS) is 1. The van der Waals surface area contributed by atoms with Gasteiger partial charge in [-0.15, -0.1) is 0 Å². The van der Waals surface area contributed by atoms with Gasteiger partial charge in [0.15, 0.2) is 5.82 Å². The second-order valence-corrected chi connectivity index (χ2v) is 10.3. The van der Waals surface area contributed by atoms with Crippen molar-refractivity contribution in [2.24, 2.45) is 0 Å². The Labute approximate surface area is 238 Å². The highest BCUT2D eigenvalue weighted by Gasteiger charge is 2.25. The summed E-state index contributed by atoms with van der Waals surface area (Å²) in [6, 6.07) is 21.7. The third kappa shape index (κ3) is 6.16. The van der Waals surface area contributed by atoms with Crippen molar-refractivity contribution in [3.8, 4) is 22.3 Å². The van der Waals surface area contributed by atoms with Gasteiger partial charge >= 0.3 is 5.97 Å². The molecule has 0 saturated carbocycles. The number of carboxylic acids is 1. The van der Waals surface area contributed by atoms with Crippen LogP contribution < -0.4 is 21.9 Å². The SMILES string of the molecule is CCNC1CN(Cc2ccc(-c3ccc(-c4c(F)cc(N)c(NNc5ccc(C)c(C(=O)O)c5)c4F)cc3)cc2)C1. The van der Waals surface area contributed by atoms with E-state index >= 15 is 4.39 Å². The third-order valence-corrected chi connectivity index (χ3v) is 7.37. The van der Waals surface area contributed by atoms with Crippen LogP contribution >= 0.6 is 0 Å². The summed E-state index contributed by atoms with van der Waals surface area (Å²) in [5.41, 5.74) is 15.5. The maximum absolute atomic E-state index is 15.6. The normalized spacial score (nSPS) is 13.6. The smallest absolute Gasteiger partial charge is 0.336 e. The summed E-state index contributed by atoms with van der Waals surface area (Å²) in [5.74, 6) is -2.72. The number of rotatable bonds is 10. The second kappa shape index (κ2) is 12.0. The lowest BCUT2D eigenvalue weighted by Crippen LogP contribution is -2.57. The number of nitrogen functional groups attached to an aromatic ring is 1. The van der Waals surface area contributed by atoms with Crippen LogP contribution in [0.1, 0.15) is 28.4 Å². The molecule has 5 rings (SSSR count). The number of aryl methyl sites for hydroxylation is 1. The molecule has 0 aliphatic carbocycles. The number of halogens is 2. The zero-order valence-electron chi connectivity index (χ0n) is 23.0. The third-order valence-electron chi connectivity index (χ3n) is 7.37. The van der Waals surface area contributed by atoms with Gasteiger partial charge in [0.05, 0.1) is 22.5 Å². The molecule has 1 aliphatic heterocycles. The van der Waals surface area contributed by atoms with Crippen LogP contribution in [0.2, 0.25) is 0 Å². The Morgan fingerprint density at radius 2 is 1.59 bits per heavy atom. The van der Waals surface area contributed by atoms with Crippen molar-refractivity contribution < 1.29 is 18.7 Å². The Balaban J connectivity index is 1.30. The molecule has 0 aromatic heterocycles. The van der Waals surface area contributed by atoms with Crippen molar-refractivity contribution >= 4 is 23.0 Å². The van der Waals surface area contributed by atoms with Gasteiger partial charge in [0.25, 0.3) is 0 Å². The number of hydrazine groups is 1. The predicted molar refractivity (Wildman–Crippen MR) is 160 cm³/mol. The zero-order chi connectivity index (χ0) is 29.1. The Hall–Kier alpha value is -4.47. The molecule has 0 spiro atoms. The fourth-order valence-corrected chi connectivity index (χ4v) is 5.10. The number of likely N-dealkylation sites (N-methyl/N-ethyl adjacent to an activating group) is 1. The van der Waals surface area contributed by atoms with E-state index in [0.29, 0.717) is 22.9 Å². The van der Waals surface area contributed by atoms with Crippen molar-refractivity contribution in [1.29, 1.82) is 0 Å². The Bertz CT molecular complexity index is 1550. The van der Waals surface area contributed by atoms with E-state index in [4.69, 9.17) is 5.73 Å². The highest BCUT2D eigenvalue weighted by molar-refractivity contribution is 5.90. The number of likely N-dealkylation sites (tertiary alicyclic amines) is 1. The summed E-state index contributed by atoms with van der Waals surface area (Å²) in [4.78, 5) is 13.8. The number of carbonyl (C=O) groups is 1. The Morgan fingerprint density at radius 3 is 2.22 bits per heavy atom. The molecule has 212 valence electrons. The van der Waals surface area contributed by atoms with Crippen LogP contribution in [0.15, 0.2) is 72.8 Å². The van der Waals surface area contributed by atoms with Crippen LogP contribution in [-0.2, 0) is 6.54 Å². The lowest BCUT2D eigenvalue weighted by atomic mass is 9.98. The maximum Gasteiger partial charge on any atom is 0.336 e. The van der Waals surface area contributed by atoms with E-state index in [1.54, 1.807) is 31.2 Å². The van der Waals surface area contributed by atoms with Gasteiger partial charge in [-0.05, 0) is 59.5 Å². The monoisotopic (exact) mass is 557 g/mol. The summed E-state index contributed by atoms with van der Waals surface area (Å²) in [7, 11) is 0. The standard InChI is InChI=1S/C32H33F2N5O2/c1-3-36-25-17-39(18-25)16-20-5-7-21(8-6-20)22-9-11-23(12-10-22)29-27(33)15-28(35)31(30(29)34)38-37-24-13-4-19(2)26(14-24)32(40)41/h4-15,25,36-38H,3,16-18,35H2,1-2H3,(H,40,41). The van der Waals surface area contributed by atoms with Gasteiger partial charge in [-0.3, -0.25) is 10.3 Å². The summed E-state index contributed by atoms with van der Waals surface area (Å²) in [5, 5.41) is 12.8. The first-order chi connectivity index (χ1) is 19.7. The van der Waals surface area contributed by atoms with Crippen molar-refractivity contribution in [2.45, 2.75) is 26.4 Å². The Kier molecular flexibility index (Phi) is 8.19. The van der Waals surface area contributed by atoms with Crippen LogP contribution in [0.5, 0.6) is 0 Å². The maximum atomic E-state index is 15.6. The lowest BCUT2D eigenvalue weighted by Gasteiger charge is -2.39. The number of nitrogens with one attached hydrogen (secondary N) is 3. The van der Waals surface area contributed by atoms with E-state index in [-0.39, 0.29) is 22.5 Å². The molecule has 7 nitrogen and oxygen atoms in total. The first kappa shape index (κ1) is 28.1. The van der Waals surface area contributed by atoms with E-state index in [0.717, 1.165) is 43.4 Å². The van der Waals surface area contributed by atoms with Gasteiger partial charge in [0.1, 0.15) is 11.5 Å². The van der Waals surface area contributed by atoms with Crippen LogP contribution in [0.25, 0.3) is 22.3 Å². The fourth-order valence-electron chi connectivity index (χ4n) is 5.10. The fraction of sp³-hybridized carbons (Fsp3) is 0.219. The first-order valence-corrected chi connectivity index (χ1v) is 13.5. The van der Waals surface area contributed by atoms with Gasteiger partial charge < -0.3 is 21.6 Å². The molecule has 0 atom stereocenters. The summed E-state index contributed by atoms with van der Waals surface area (Å²) in [6.45, 7) is 7.81. The average molecular weight is 558 g/mol. The second-order valence-electron chi connectivity index (χ2n) is 10.3. The molecule has 41 heavy (non-hydrogen) atoms. The molecule has 1 heterocycles. The number of benzene rings is 4. The van der Waals surface area contributed by atoms with Crippen LogP contribution in [-0.4, -0.2) is 41.7 Å². The minimum absolute atomic E-state index is 0.106. The molecule has 4 aromatic rings. The van der Waals surface area contributed by atoms with Gasteiger partial charge in [0, 0.05) is 25.7 Å². The lowest BCUT2D eigenvalue weighted by molar-refractivity contribution is 0.0696. The van der Waals surface area contributed by atoms with Crippen molar-refractivity contribution in [3.05, 3.63) is 101 Å². The van der Waals surface area contributed by atoms with E-state index in [9.17, 15) is 14.3 Å². The van der Waals surface area contributed by atoms with Crippen molar-refractivity contribution in [3.63, 3.8) is 0 Å². The highest BCUT2D eigenvalue weighted by atomic mass is 19.1. The quantitative estimate of drug-likeness (QED) is 0.118. The van der Waals surface area contributed by atoms with E-state index < -0.39 is 17.6 Å². The topological polar surface area (TPSA) is 103 Å². The van der Waals surface area contributed by atoms with E-state index in [1.807, 2.05) is 12.1 Å². The van der Waals surface area contributed by atoms with Crippen LogP contribution in [0.3, 0.4) is 0 Å². The molecule has 0 radical (unpaired) electrons.